The van der Waals surface area contributed by atoms with E-state index in [-0.39, 0.29) is 37.0 Å². The third kappa shape index (κ3) is 3.22. The van der Waals surface area contributed by atoms with Crippen LogP contribution in [0.1, 0.15) is 17.9 Å². The number of hydrogen-bond donors (Lipinski definition) is 1. The molecule has 0 radical (unpaired) electrons. The van der Waals surface area contributed by atoms with Gasteiger partial charge >= 0.3 is 5.69 Å². The monoisotopic (exact) mass is 398 g/mol. The number of nitrogens with zero attached hydrogens (tertiary/aromatic N) is 5. The minimum atomic E-state index is -0.483. The SMILES string of the molecule is CN1C(=O)[C@@H](CC(=O)NCCn2nnn(-c3cccs3)c2=O)c2ccccc21. The molecule has 0 spiro atoms. The first kappa shape index (κ1) is 18.1. The van der Waals surface area contributed by atoms with Gasteiger partial charge in [-0.05, 0) is 39.6 Å². The zero-order valence-corrected chi connectivity index (χ0v) is 15.9. The molecule has 1 aliphatic rings. The maximum absolute atomic E-state index is 12.4. The highest BCUT2D eigenvalue weighted by Crippen LogP contribution is 2.37. The summed E-state index contributed by atoms with van der Waals surface area (Å²) in [5.41, 5.74) is 1.33. The molecule has 1 aliphatic heterocycles. The van der Waals surface area contributed by atoms with Crippen molar-refractivity contribution in [2.45, 2.75) is 18.9 Å². The van der Waals surface area contributed by atoms with Crippen molar-refractivity contribution in [3.8, 4) is 5.00 Å². The molecule has 2 amide bonds. The number of nitrogens with one attached hydrogen (secondary N) is 1. The highest BCUT2D eigenvalue weighted by atomic mass is 32.1. The molecule has 28 heavy (non-hydrogen) atoms. The zero-order valence-electron chi connectivity index (χ0n) is 15.1. The Morgan fingerprint density at radius 2 is 2.00 bits per heavy atom. The van der Waals surface area contributed by atoms with Crippen molar-refractivity contribution >= 4 is 28.8 Å². The molecule has 0 saturated carbocycles. The van der Waals surface area contributed by atoms with Crippen molar-refractivity contribution < 1.29 is 9.59 Å². The molecule has 1 aromatic carbocycles. The summed E-state index contributed by atoms with van der Waals surface area (Å²) in [4.78, 5) is 38.6. The van der Waals surface area contributed by atoms with Gasteiger partial charge in [-0.15, -0.1) is 11.3 Å². The van der Waals surface area contributed by atoms with Gasteiger partial charge in [0.15, 0.2) is 0 Å². The minimum absolute atomic E-state index is 0.0664. The Kier molecular flexibility index (Phi) is 4.78. The van der Waals surface area contributed by atoms with Gasteiger partial charge in [0.2, 0.25) is 11.8 Å². The number of likely N-dealkylation sites (N-methyl/N-ethyl adjacent to an activating group) is 1. The van der Waals surface area contributed by atoms with Crippen LogP contribution in [0.25, 0.3) is 5.00 Å². The van der Waals surface area contributed by atoms with Gasteiger partial charge in [-0.2, -0.15) is 9.36 Å². The topological polar surface area (TPSA) is 102 Å². The lowest BCUT2D eigenvalue weighted by Gasteiger charge is -2.11. The summed E-state index contributed by atoms with van der Waals surface area (Å²) >= 11 is 1.39. The van der Waals surface area contributed by atoms with Crippen molar-refractivity contribution in [3.63, 3.8) is 0 Å². The number of aromatic nitrogens is 4. The number of carbonyl (C=O) groups excluding carboxylic acids is 2. The standard InChI is InChI=1S/C18H18N6O3S/c1-22-14-6-3-2-5-12(14)13(17(22)26)11-15(25)19-8-9-23-18(27)24(21-20-23)16-7-4-10-28-16/h2-7,10,13H,8-9,11H2,1H3,(H,19,25)/t13-/m0/s1. The average molecular weight is 398 g/mol. The van der Waals surface area contributed by atoms with Crippen LogP contribution in [0.15, 0.2) is 46.6 Å². The van der Waals surface area contributed by atoms with E-state index in [4.69, 9.17) is 0 Å². The first-order valence-electron chi connectivity index (χ1n) is 8.76. The van der Waals surface area contributed by atoms with Crippen LogP contribution in [0.2, 0.25) is 0 Å². The Hall–Kier alpha value is -3.27. The van der Waals surface area contributed by atoms with Crippen LogP contribution in [0.3, 0.4) is 0 Å². The highest BCUT2D eigenvalue weighted by Gasteiger charge is 2.35. The quantitative estimate of drug-likeness (QED) is 0.660. The summed E-state index contributed by atoms with van der Waals surface area (Å²) < 4.78 is 2.42. The smallest absolute Gasteiger partial charge is 0.354 e. The third-order valence-electron chi connectivity index (χ3n) is 4.69. The Morgan fingerprint density at radius 3 is 2.79 bits per heavy atom. The van der Waals surface area contributed by atoms with E-state index in [2.05, 4.69) is 15.7 Å². The Morgan fingerprint density at radius 1 is 1.18 bits per heavy atom. The van der Waals surface area contributed by atoms with Crippen LogP contribution in [0.4, 0.5) is 5.69 Å². The molecule has 2 aromatic heterocycles. The molecule has 0 aliphatic carbocycles. The lowest BCUT2D eigenvalue weighted by Crippen LogP contribution is -2.33. The summed E-state index contributed by atoms with van der Waals surface area (Å²) in [6.07, 6.45) is 0.0664. The summed E-state index contributed by atoms with van der Waals surface area (Å²) in [6, 6.07) is 11.1. The first-order valence-corrected chi connectivity index (χ1v) is 9.64. The molecule has 1 atom stereocenters. The fraction of sp³-hybridized carbons (Fsp3) is 0.278. The van der Waals surface area contributed by atoms with Crippen LogP contribution in [-0.2, 0) is 16.1 Å². The van der Waals surface area contributed by atoms with Crippen LogP contribution < -0.4 is 15.9 Å². The third-order valence-corrected chi connectivity index (χ3v) is 5.54. The van der Waals surface area contributed by atoms with Gasteiger partial charge in [0.05, 0.1) is 12.5 Å². The van der Waals surface area contributed by atoms with E-state index in [0.717, 1.165) is 11.3 Å². The molecule has 0 fully saturated rings. The molecule has 9 nitrogen and oxygen atoms in total. The number of rotatable bonds is 6. The number of anilines is 1. The molecule has 10 heteroatoms. The second kappa shape index (κ2) is 7.39. The maximum atomic E-state index is 12.4. The van der Waals surface area contributed by atoms with Crippen molar-refractivity contribution in [2.24, 2.45) is 0 Å². The van der Waals surface area contributed by atoms with Gasteiger partial charge in [0, 0.05) is 25.7 Å². The van der Waals surface area contributed by atoms with Crippen molar-refractivity contribution in [2.75, 3.05) is 18.5 Å². The summed E-state index contributed by atoms with van der Waals surface area (Å²) in [5.74, 6) is -0.822. The lowest BCUT2D eigenvalue weighted by molar-refractivity contribution is -0.125. The number of thiophene rings is 1. The second-order valence-corrected chi connectivity index (χ2v) is 7.34. The first-order chi connectivity index (χ1) is 13.6. The normalized spacial score (nSPS) is 15.7. The van der Waals surface area contributed by atoms with Crippen LogP contribution in [0.5, 0.6) is 0 Å². The van der Waals surface area contributed by atoms with Crippen molar-refractivity contribution in [1.82, 2.24) is 25.1 Å². The average Bonchev–Trinajstić information content (AvgIpc) is 3.39. The van der Waals surface area contributed by atoms with Gasteiger partial charge in [0.1, 0.15) is 5.00 Å². The summed E-state index contributed by atoms with van der Waals surface area (Å²) in [7, 11) is 1.71. The van der Waals surface area contributed by atoms with Crippen molar-refractivity contribution in [3.05, 3.63) is 57.8 Å². The Balaban J connectivity index is 1.35. The zero-order chi connectivity index (χ0) is 19.7. The summed E-state index contributed by atoms with van der Waals surface area (Å²) in [5, 5.41) is 13.0. The second-order valence-electron chi connectivity index (χ2n) is 6.41. The van der Waals surface area contributed by atoms with E-state index in [1.54, 1.807) is 18.0 Å². The van der Waals surface area contributed by atoms with Crippen LogP contribution in [-0.4, -0.2) is 45.2 Å². The molecule has 3 heterocycles. The van der Waals surface area contributed by atoms with Crippen molar-refractivity contribution in [1.29, 1.82) is 0 Å². The Labute approximate surface area is 164 Å². The number of carbonyl (C=O) groups is 2. The van der Waals surface area contributed by atoms with E-state index in [1.165, 1.54) is 20.7 Å². The Bertz CT molecular complexity index is 1070. The number of benzene rings is 1. The maximum Gasteiger partial charge on any atom is 0.369 e. The number of para-hydroxylation sites is 1. The molecular weight excluding hydrogens is 380 g/mol. The molecule has 3 aromatic rings. The highest BCUT2D eigenvalue weighted by molar-refractivity contribution is 7.12. The number of hydrogen-bond acceptors (Lipinski definition) is 6. The van der Waals surface area contributed by atoms with Gasteiger partial charge in [-0.1, -0.05) is 18.2 Å². The van der Waals surface area contributed by atoms with Gasteiger partial charge < -0.3 is 10.2 Å². The lowest BCUT2D eigenvalue weighted by atomic mass is 9.97. The molecule has 1 N–H and O–H groups in total. The van der Waals surface area contributed by atoms with Crippen LogP contribution in [0, 0.1) is 0 Å². The van der Waals surface area contributed by atoms with E-state index < -0.39 is 5.92 Å². The number of amides is 2. The fourth-order valence-electron chi connectivity index (χ4n) is 3.27. The van der Waals surface area contributed by atoms with Gasteiger partial charge in [0.25, 0.3) is 0 Å². The molecule has 144 valence electrons. The van der Waals surface area contributed by atoms with E-state index >= 15 is 0 Å². The molecule has 4 rings (SSSR count). The molecular formula is C18H18N6O3S. The van der Waals surface area contributed by atoms with Gasteiger partial charge in [-0.3, -0.25) is 9.59 Å². The van der Waals surface area contributed by atoms with Crippen LogP contribution >= 0.6 is 11.3 Å². The largest absolute Gasteiger partial charge is 0.369 e. The summed E-state index contributed by atoms with van der Waals surface area (Å²) in [6.45, 7) is 0.422. The molecule has 0 bridgehead atoms. The molecule has 0 saturated heterocycles. The molecule has 0 unspecified atom stereocenters. The minimum Gasteiger partial charge on any atom is -0.354 e. The number of fused-ring (bicyclic) bond motifs is 1. The van der Waals surface area contributed by atoms with Gasteiger partial charge in [-0.25, -0.2) is 4.79 Å². The van der Waals surface area contributed by atoms with E-state index in [9.17, 15) is 14.4 Å². The number of tetrazole rings is 1. The van der Waals surface area contributed by atoms with E-state index in [0.29, 0.717) is 5.00 Å². The fourth-order valence-corrected chi connectivity index (χ4v) is 3.94. The predicted molar refractivity (Wildman–Crippen MR) is 104 cm³/mol. The predicted octanol–water partition coefficient (Wildman–Crippen LogP) is 0.757. The van der Waals surface area contributed by atoms with E-state index in [1.807, 2.05) is 35.7 Å².